The number of aromatic nitrogens is 2. The number of hydrogen-bond acceptors (Lipinski definition) is 2. The highest BCUT2D eigenvalue weighted by Crippen LogP contribution is 2.30. The van der Waals surface area contributed by atoms with Crippen molar-refractivity contribution in [2.24, 2.45) is 5.73 Å². The Morgan fingerprint density at radius 1 is 1.21 bits per heavy atom. The lowest BCUT2D eigenvalue weighted by molar-refractivity contribution is 0.498. The molecule has 0 fully saturated rings. The molecular formula is C14H17Br2N3. The summed E-state index contributed by atoms with van der Waals surface area (Å²) >= 11 is 7.10. The Balaban J connectivity index is 2.46. The molecular weight excluding hydrogens is 370 g/mol. The maximum Gasteiger partial charge on any atom is 0.0742 e. The molecule has 1 atom stereocenters. The molecule has 2 rings (SSSR count). The van der Waals surface area contributed by atoms with Crippen molar-refractivity contribution < 1.29 is 0 Å². The van der Waals surface area contributed by atoms with Gasteiger partial charge in [-0.05, 0) is 53.9 Å². The lowest BCUT2D eigenvalue weighted by Gasteiger charge is -2.18. The number of hydrogen-bond donors (Lipinski definition) is 1. The van der Waals surface area contributed by atoms with Crippen molar-refractivity contribution >= 4 is 31.9 Å². The van der Waals surface area contributed by atoms with Crippen LogP contribution in [0.5, 0.6) is 0 Å². The Morgan fingerprint density at radius 3 is 2.47 bits per heavy atom. The standard InChI is InChI=1S/C14H17Br2N3/c1-8(2)19-14(12(16)7-18-19)13(17)10-5-4-9(3)11(15)6-10/h4-8,13H,17H2,1-3H3. The van der Waals surface area contributed by atoms with Crippen LogP contribution in [0.4, 0.5) is 0 Å². The molecule has 3 nitrogen and oxygen atoms in total. The summed E-state index contributed by atoms with van der Waals surface area (Å²) in [6, 6.07) is 6.29. The van der Waals surface area contributed by atoms with Crippen molar-refractivity contribution in [1.29, 1.82) is 0 Å². The highest BCUT2D eigenvalue weighted by atomic mass is 79.9. The molecule has 0 bridgehead atoms. The Labute approximate surface area is 130 Å². The quantitative estimate of drug-likeness (QED) is 0.852. The third-order valence-corrected chi connectivity index (χ3v) is 4.59. The van der Waals surface area contributed by atoms with Crippen molar-refractivity contribution in [3.8, 4) is 0 Å². The Kier molecular flexibility index (Phi) is 4.48. The molecule has 0 amide bonds. The van der Waals surface area contributed by atoms with E-state index in [2.05, 4.69) is 75.9 Å². The van der Waals surface area contributed by atoms with E-state index in [0.29, 0.717) is 0 Å². The van der Waals surface area contributed by atoms with Gasteiger partial charge < -0.3 is 5.73 Å². The highest BCUT2D eigenvalue weighted by molar-refractivity contribution is 9.10. The maximum atomic E-state index is 6.41. The number of nitrogens with two attached hydrogens (primary N) is 1. The summed E-state index contributed by atoms with van der Waals surface area (Å²) in [5.74, 6) is 0. The van der Waals surface area contributed by atoms with Gasteiger partial charge in [0.25, 0.3) is 0 Å². The van der Waals surface area contributed by atoms with Gasteiger partial charge in [-0.2, -0.15) is 5.10 Å². The van der Waals surface area contributed by atoms with Gasteiger partial charge in [-0.25, -0.2) is 0 Å². The molecule has 0 saturated heterocycles. The second-order valence-corrected chi connectivity index (χ2v) is 6.61. The number of rotatable bonds is 3. The van der Waals surface area contributed by atoms with Gasteiger partial charge in [0, 0.05) is 10.5 Å². The monoisotopic (exact) mass is 385 g/mol. The Bertz CT molecular complexity index is 590. The summed E-state index contributed by atoms with van der Waals surface area (Å²) < 4.78 is 3.99. The smallest absolute Gasteiger partial charge is 0.0742 e. The first-order valence-corrected chi connectivity index (χ1v) is 7.75. The van der Waals surface area contributed by atoms with Gasteiger partial charge in [0.2, 0.25) is 0 Å². The lowest BCUT2D eigenvalue weighted by atomic mass is 10.0. The summed E-state index contributed by atoms with van der Waals surface area (Å²) in [4.78, 5) is 0. The first-order valence-electron chi connectivity index (χ1n) is 6.16. The van der Waals surface area contributed by atoms with E-state index in [1.165, 1.54) is 5.56 Å². The molecule has 1 unspecified atom stereocenters. The van der Waals surface area contributed by atoms with Crippen LogP contribution in [0.3, 0.4) is 0 Å². The number of benzene rings is 1. The second kappa shape index (κ2) is 5.77. The third-order valence-electron chi connectivity index (χ3n) is 3.13. The predicted molar refractivity (Wildman–Crippen MR) is 85.2 cm³/mol. The Morgan fingerprint density at radius 2 is 1.89 bits per heavy atom. The first-order chi connectivity index (χ1) is 8.91. The van der Waals surface area contributed by atoms with E-state index in [-0.39, 0.29) is 12.1 Å². The van der Waals surface area contributed by atoms with Crippen LogP contribution < -0.4 is 5.73 Å². The van der Waals surface area contributed by atoms with Gasteiger partial charge >= 0.3 is 0 Å². The topological polar surface area (TPSA) is 43.8 Å². The minimum absolute atomic E-state index is 0.198. The molecule has 5 heteroatoms. The molecule has 102 valence electrons. The van der Waals surface area contributed by atoms with E-state index >= 15 is 0 Å². The van der Waals surface area contributed by atoms with Crippen LogP contribution in [0.2, 0.25) is 0 Å². The van der Waals surface area contributed by atoms with Crippen molar-refractivity contribution in [2.75, 3.05) is 0 Å². The molecule has 0 aliphatic rings. The van der Waals surface area contributed by atoms with E-state index in [9.17, 15) is 0 Å². The number of aryl methyl sites for hydroxylation is 1. The summed E-state index contributed by atoms with van der Waals surface area (Å²) in [7, 11) is 0. The molecule has 19 heavy (non-hydrogen) atoms. The second-order valence-electron chi connectivity index (χ2n) is 4.90. The predicted octanol–water partition coefficient (Wildman–Crippen LogP) is 4.35. The molecule has 1 aromatic heterocycles. The molecule has 0 aliphatic carbocycles. The van der Waals surface area contributed by atoms with Gasteiger partial charge in [-0.3, -0.25) is 4.68 Å². The van der Waals surface area contributed by atoms with Crippen molar-refractivity contribution in [1.82, 2.24) is 9.78 Å². The van der Waals surface area contributed by atoms with Gasteiger partial charge in [0.1, 0.15) is 0 Å². The van der Waals surface area contributed by atoms with Gasteiger partial charge in [-0.15, -0.1) is 0 Å². The minimum atomic E-state index is -0.198. The van der Waals surface area contributed by atoms with Crippen LogP contribution in [0, 0.1) is 6.92 Å². The highest BCUT2D eigenvalue weighted by Gasteiger charge is 2.20. The fraction of sp³-hybridized carbons (Fsp3) is 0.357. The number of nitrogens with zero attached hydrogens (tertiary/aromatic N) is 2. The summed E-state index contributed by atoms with van der Waals surface area (Å²) in [6.07, 6.45) is 1.80. The molecule has 2 aromatic rings. The van der Waals surface area contributed by atoms with Gasteiger partial charge in [0.05, 0.1) is 22.4 Å². The van der Waals surface area contributed by atoms with Crippen LogP contribution in [-0.4, -0.2) is 9.78 Å². The van der Waals surface area contributed by atoms with Crippen molar-refractivity contribution in [3.63, 3.8) is 0 Å². The zero-order valence-electron chi connectivity index (χ0n) is 11.2. The van der Waals surface area contributed by atoms with Gasteiger partial charge in [-0.1, -0.05) is 28.1 Å². The lowest BCUT2D eigenvalue weighted by Crippen LogP contribution is -2.19. The van der Waals surface area contributed by atoms with Gasteiger partial charge in [0.15, 0.2) is 0 Å². The van der Waals surface area contributed by atoms with E-state index in [4.69, 9.17) is 5.73 Å². The average Bonchev–Trinajstić information content (AvgIpc) is 2.74. The summed E-state index contributed by atoms with van der Waals surface area (Å²) in [5, 5.41) is 4.38. The van der Waals surface area contributed by atoms with E-state index in [1.54, 1.807) is 6.20 Å². The number of halogens is 2. The largest absolute Gasteiger partial charge is 0.319 e. The van der Waals surface area contributed by atoms with Crippen molar-refractivity contribution in [3.05, 3.63) is 50.2 Å². The molecule has 0 saturated carbocycles. The normalized spacial score (nSPS) is 13.0. The summed E-state index contributed by atoms with van der Waals surface area (Å²) in [5.41, 5.74) is 9.68. The third kappa shape index (κ3) is 2.93. The molecule has 0 aliphatic heterocycles. The molecule has 1 heterocycles. The first kappa shape index (κ1) is 14.8. The summed E-state index contributed by atoms with van der Waals surface area (Å²) in [6.45, 7) is 6.26. The van der Waals surface area contributed by atoms with E-state index < -0.39 is 0 Å². The Hall–Kier alpha value is -0.650. The SMILES string of the molecule is Cc1ccc(C(N)c2c(Br)cnn2C(C)C)cc1Br. The van der Waals surface area contributed by atoms with Crippen LogP contribution >= 0.6 is 31.9 Å². The fourth-order valence-corrected chi connectivity index (χ4v) is 2.93. The van der Waals surface area contributed by atoms with Crippen molar-refractivity contribution in [2.45, 2.75) is 32.9 Å². The van der Waals surface area contributed by atoms with Crippen LogP contribution in [0.1, 0.15) is 42.8 Å². The molecule has 0 spiro atoms. The molecule has 2 N–H and O–H groups in total. The van der Waals surface area contributed by atoms with Crippen LogP contribution in [-0.2, 0) is 0 Å². The minimum Gasteiger partial charge on any atom is -0.319 e. The van der Waals surface area contributed by atoms with E-state index in [1.807, 2.05) is 4.68 Å². The zero-order valence-corrected chi connectivity index (χ0v) is 14.4. The van der Waals surface area contributed by atoms with Crippen LogP contribution in [0.15, 0.2) is 33.3 Å². The molecule has 0 radical (unpaired) electrons. The van der Waals surface area contributed by atoms with Crippen LogP contribution in [0.25, 0.3) is 0 Å². The maximum absolute atomic E-state index is 6.41. The average molecular weight is 387 g/mol. The van der Waals surface area contributed by atoms with E-state index in [0.717, 1.165) is 20.2 Å². The fourth-order valence-electron chi connectivity index (χ4n) is 2.01. The molecule has 1 aromatic carbocycles. The zero-order chi connectivity index (χ0) is 14.2.